The highest BCUT2D eigenvalue weighted by molar-refractivity contribution is 5.58. The number of nitrogens with one attached hydrogen (secondary N) is 1. The summed E-state index contributed by atoms with van der Waals surface area (Å²) >= 11 is 0. The highest BCUT2D eigenvalue weighted by Crippen LogP contribution is 2.30. The Morgan fingerprint density at radius 3 is 2.89 bits per heavy atom. The molecule has 2 rings (SSSR count). The fourth-order valence-corrected chi connectivity index (χ4v) is 2.05. The number of benzene rings is 1. The van der Waals surface area contributed by atoms with E-state index in [9.17, 15) is 10.1 Å². The Morgan fingerprint density at radius 2 is 2.33 bits per heavy atom. The van der Waals surface area contributed by atoms with Crippen LogP contribution >= 0.6 is 0 Å². The molecule has 1 aromatic carbocycles. The van der Waals surface area contributed by atoms with E-state index in [1.165, 1.54) is 13.2 Å². The Bertz CT molecular complexity index is 450. The summed E-state index contributed by atoms with van der Waals surface area (Å²) in [5.41, 5.74) is 0.776. The Morgan fingerprint density at radius 1 is 1.56 bits per heavy atom. The lowest BCUT2D eigenvalue weighted by molar-refractivity contribution is -0.385. The fourth-order valence-electron chi connectivity index (χ4n) is 2.05. The summed E-state index contributed by atoms with van der Waals surface area (Å²) in [6.07, 6.45) is 1.08. The van der Waals surface area contributed by atoms with Gasteiger partial charge in [0.2, 0.25) is 0 Å². The van der Waals surface area contributed by atoms with E-state index in [0.717, 1.165) is 18.7 Å². The number of nitro benzene ring substituents is 1. The first-order valence-corrected chi connectivity index (χ1v) is 5.82. The number of rotatable bonds is 4. The van der Waals surface area contributed by atoms with Gasteiger partial charge in [0.05, 0.1) is 24.2 Å². The minimum atomic E-state index is -0.454. The van der Waals surface area contributed by atoms with Crippen LogP contribution in [-0.2, 0) is 4.74 Å². The molecular weight excluding hydrogens is 236 g/mol. The highest BCUT2D eigenvalue weighted by atomic mass is 16.6. The van der Waals surface area contributed by atoms with Gasteiger partial charge >= 0.3 is 5.69 Å². The summed E-state index contributed by atoms with van der Waals surface area (Å²) in [4.78, 5) is 10.3. The molecule has 0 aromatic heterocycles. The van der Waals surface area contributed by atoms with Crippen molar-refractivity contribution in [2.75, 3.05) is 19.0 Å². The van der Waals surface area contributed by atoms with Crippen molar-refractivity contribution in [1.29, 1.82) is 0 Å². The maximum Gasteiger partial charge on any atom is 0.311 e. The summed E-state index contributed by atoms with van der Waals surface area (Å²) in [6.45, 7) is 2.75. The highest BCUT2D eigenvalue weighted by Gasteiger charge is 2.24. The minimum Gasteiger partial charge on any atom is -0.490 e. The lowest BCUT2D eigenvalue weighted by Gasteiger charge is -2.17. The van der Waals surface area contributed by atoms with E-state index < -0.39 is 4.92 Å². The lowest BCUT2D eigenvalue weighted by atomic mass is 10.1. The maximum atomic E-state index is 10.8. The molecule has 6 nitrogen and oxygen atoms in total. The summed E-state index contributed by atoms with van der Waals surface area (Å²) in [5.74, 6) is 0.261. The first-order chi connectivity index (χ1) is 8.61. The van der Waals surface area contributed by atoms with Crippen LogP contribution < -0.4 is 10.1 Å². The number of methoxy groups -OCH3 is 1. The van der Waals surface area contributed by atoms with E-state index in [1.54, 1.807) is 12.1 Å². The molecule has 0 amide bonds. The molecule has 0 bridgehead atoms. The van der Waals surface area contributed by atoms with Gasteiger partial charge in [0, 0.05) is 24.4 Å². The molecular formula is C12H16N2O4. The van der Waals surface area contributed by atoms with Gasteiger partial charge in [-0.1, -0.05) is 0 Å². The number of hydrogen-bond acceptors (Lipinski definition) is 5. The van der Waals surface area contributed by atoms with Crippen LogP contribution in [0, 0.1) is 10.1 Å². The van der Waals surface area contributed by atoms with Crippen LogP contribution in [0.15, 0.2) is 18.2 Å². The smallest absolute Gasteiger partial charge is 0.311 e. The van der Waals surface area contributed by atoms with Gasteiger partial charge in [-0.15, -0.1) is 0 Å². The van der Waals surface area contributed by atoms with Gasteiger partial charge in [-0.2, -0.15) is 0 Å². The molecule has 2 atom stereocenters. The molecule has 6 heteroatoms. The van der Waals surface area contributed by atoms with Crippen molar-refractivity contribution >= 4 is 11.4 Å². The molecule has 0 saturated carbocycles. The number of hydrogen-bond donors (Lipinski definition) is 1. The normalized spacial score (nSPS) is 22.8. The van der Waals surface area contributed by atoms with Crippen molar-refractivity contribution in [2.45, 2.75) is 25.5 Å². The predicted molar refractivity (Wildman–Crippen MR) is 67.1 cm³/mol. The monoisotopic (exact) mass is 252 g/mol. The zero-order valence-corrected chi connectivity index (χ0v) is 10.4. The van der Waals surface area contributed by atoms with Crippen LogP contribution in [0.5, 0.6) is 5.75 Å². The van der Waals surface area contributed by atoms with Crippen LogP contribution in [0.4, 0.5) is 11.4 Å². The van der Waals surface area contributed by atoms with Crippen LogP contribution in [-0.4, -0.2) is 30.8 Å². The summed E-state index contributed by atoms with van der Waals surface area (Å²) in [7, 11) is 1.42. The van der Waals surface area contributed by atoms with Crippen molar-refractivity contribution in [3.8, 4) is 5.75 Å². The molecule has 0 aliphatic carbocycles. The van der Waals surface area contributed by atoms with Gasteiger partial charge in [0.15, 0.2) is 5.75 Å². The second-order valence-corrected chi connectivity index (χ2v) is 4.26. The number of nitro groups is 1. The third-order valence-electron chi connectivity index (χ3n) is 3.10. The van der Waals surface area contributed by atoms with Crippen molar-refractivity contribution < 1.29 is 14.4 Å². The molecule has 1 aliphatic heterocycles. The zero-order valence-electron chi connectivity index (χ0n) is 10.4. The van der Waals surface area contributed by atoms with Crippen molar-refractivity contribution in [2.24, 2.45) is 0 Å². The Balaban J connectivity index is 2.17. The Hall–Kier alpha value is -1.82. The molecule has 98 valence electrons. The molecule has 2 unspecified atom stereocenters. The van der Waals surface area contributed by atoms with E-state index in [4.69, 9.17) is 9.47 Å². The average Bonchev–Trinajstić information content (AvgIpc) is 2.74. The number of nitrogens with zero attached hydrogens (tertiary/aromatic N) is 1. The third-order valence-corrected chi connectivity index (χ3v) is 3.10. The molecule has 1 heterocycles. The molecule has 0 radical (unpaired) electrons. The van der Waals surface area contributed by atoms with Crippen LogP contribution in [0.25, 0.3) is 0 Å². The summed E-state index contributed by atoms with van der Waals surface area (Å²) < 4.78 is 10.5. The van der Waals surface area contributed by atoms with E-state index in [-0.39, 0.29) is 23.6 Å². The van der Waals surface area contributed by atoms with E-state index in [1.807, 2.05) is 6.92 Å². The van der Waals surface area contributed by atoms with Gasteiger partial charge in [0.25, 0.3) is 0 Å². The molecule has 1 aromatic rings. The van der Waals surface area contributed by atoms with Gasteiger partial charge in [-0.25, -0.2) is 0 Å². The van der Waals surface area contributed by atoms with Crippen LogP contribution in [0.1, 0.15) is 13.3 Å². The zero-order chi connectivity index (χ0) is 13.1. The standard InChI is InChI=1S/C12H16N2O4/c1-8-10(5-6-18-8)13-9-3-4-11(14(15)16)12(7-9)17-2/h3-4,7-8,10,13H,5-6H2,1-2H3. The van der Waals surface area contributed by atoms with Gasteiger partial charge < -0.3 is 14.8 Å². The van der Waals surface area contributed by atoms with E-state index >= 15 is 0 Å². The predicted octanol–water partition coefficient (Wildman–Crippen LogP) is 2.19. The Labute approximate surface area is 105 Å². The summed E-state index contributed by atoms with van der Waals surface area (Å²) in [5, 5.41) is 14.1. The van der Waals surface area contributed by atoms with Crippen molar-refractivity contribution in [1.82, 2.24) is 0 Å². The maximum absolute atomic E-state index is 10.8. The first-order valence-electron chi connectivity index (χ1n) is 5.82. The van der Waals surface area contributed by atoms with Gasteiger partial charge in [0.1, 0.15) is 0 Å². The second kappa shape index (κ2) is 5.22. The van der Waals surface area contributed by atoms with Crippen molar-refractivity contribution in [3.05, 3.63) is 28.3 Å². The second-order valence-electron chi connectivity index (χ2n) is 4.26. The molecule has 0 spiro atoms. The van der Waals surface area contributed by atoms with Gasteiger partial charge in [-0.3, -0.25) is 10.1 Å². The minimum absolute atomic E-state index is 0.0289. The average molecular weight is 252 g/mol. The largest absolute Gasteiger partial charge is 0.490 e. The molecule has 1 N–H and O–H groups in total. The molecule has 1 aliphatic rings. The number of anilines is 1. The molecule has 1 fully saturated rings. The Kier molecular flexibility index (Phi) is 3.66. The van der Waals surface area contributed by atoms with Crippen molar-refractivity contribution in [3.63, 3.8) is 0 Å². The quantitative estimate of drug-likeness (QED) is 0.656. The first kappa shape index (κ1) is 12.6. The number of ether oxygens (including phenoxy) is 2. The fraction of sp³-hybridized carbons (Fsp3) is 0.500. The SMILES string of the molecule is COc1cc(NC2CCOC2C)ccc1[N+](=O)[O-]. The summed E-state index contributed by atoms with van der Waals surface area (Å²) in [6, 6.07) is 5.01. The van der Waals surface area contributed by atoms with Crippen LogP contribution in [0.3, 0.4) is 0 Å². The third kappa shape index (κ3) is 2.53. The molecule has 1 saturated heterocycles. The molecule has 18 heavy (non-hydrogen) atoms. The topological polar surface area (TPSA) is 73.6 Å². The van der Waals surface area contributed by atoms with Gasteiger partial charge in [-0.05, 0) is 19.4 Å². The van der Waals surface area contributed by atoms with E-state index in [2.05, 4.69) is 5.32 Å². The van der Waals surface area contributed by atoms with Crippen LogP contribution in [0.2, 0.25) is 0 Å². The lowest BCUT2D eigenvalue weighted by Crippen LogP contribution is -2.26. The van der Waals surface area contributed by atoms with E-state index in [0.29, 0.717) is 0 Å².